The minimum Gasteiger partial charge on any atom is -0.426 e. The number of carbonyl (C=O) groups excluding carboxylic acids is 2. The number of ether oxygens (including phenoxy) is 1. The van der Waals surface area contributed by atoms with Gasteiger partial charge in [-0.2, -0.15) is 5.26 Å². The van der Waals surface area contributed by atoms with Crippen LogP contribution in [0.5, 0.6) is 5.75 Å². The van der Waals surface area contributed by atoms with Crippen molar-refractivity contribution < 1.29 is 14.3 Å². The molecule has 0 fully saturated rings. The number of aryl methyl sites for hydroxylation is 2. The maximum atomic E-state index is 13.2. The highest BCUT2D eigenvalue weighted by Crippen LogP contribution is 2.32. The zero-order valence-electron chi connectivity index (χ0n) is 25.8. The number of nitriles is 1. The lowest BCUT2D eigenvalue weighted by molar-refractivity contribution is -0.144. The predicted molar refractivity (Wildman–Crippen MR) is 177 cm³/mol. The number of hydrogen-bond donors (Lipinski definition) is 0. The summed E-state index contributed by atoms with van der Waals surface area (Å²) >= 11 is 0. The van der Waals surface area contributed by atoms with Gasteiger partial charge in [0.1, 0.15) is 5.75 Å². The van der Waals surface area contributed by atoms with Crippen molar-refractivity contribution in [3.8, 4) is 45.2 Å². The molecule has 0 spiro atoms. The highest BCUT2D eigenvalue weighted by Gasteiger charge is 2.27. The van der Waals surface area contributed by atoms with Crippen LogP contribution in [0.15, 0.2) is 109 Å². The number of benzene rings is 5. The SMILES string of the molecule is CCC(C)(C)C(=O)Oc1ccc(C(=O)c2ccc(-c3ccc(-c4ccc(-c5ccc(C#N)cc5)c(C)c4)cc3C)cc2)cc1. The summed E-state index contributed by atoms with van der Waals surface area (Å²) in [6, 6.07) is 37.2. The Labute approximate surface area is 259 Å². The van der Waals surface area contributed by atoms with Gasteiger partial charge < -0.3 is 4.74 Å². The van der Waals surface area contributed by atoms with E-state index in [1.165, 1.54) is 5.56 Å². The average Bonchev–Trinajstić information content (AvgIpc) is 3.05. The first-order valence-corrected chi connectivity index (χ1v) is 14.8. The molecule has 0 saturated carbocycles. The van der Waals surface area contributed by atoms with Crippen molar-refractivity contribution in [1.29, 1.82) is 5.26 Å². The van der Waals surface area contributed by atoms with Crippen molar-refractivity contribution in [3.63, 3.8) is 0 Å². The zero-order valence-corrected chi connectivity index (χ0v) is 25.8. The summed E-state index contributed by atoms with van der Waals surface area (Å²) in [5, 5.41) is 9.08. The van der Waals surface area contributed by atoms with Gasteiger partial charge in [0.15, 0.2) is 5.78 Å². The molecule has 5 rings (SSSR count). The normalized spacial score (nSPS) is 11.1. The third-order valence-electron chi connectivity index (χ3n) is 8.33. The van der Waals surface area contributed by atoms with Crippen LogP contribution in [0, 0.1) is 30.6 Å². The van der Waals surface area contributed by atoms with E-state index < -0.39 is 5.41 Å². The van der Waals surface area contributed by atoms with Gasteiger partial charge >= 0.3 is 5.97 Å². The molecular weight excluding hydrogens is 542 g/mol. The Morgan fingerprint density at radius 1 is 0.659 bits per heavy atom. The van der Waals surface area contributed by atoms with Gasteiger partial charge in [-0.25, -0.2) is 0 Å². The quantitative estimate of drug-likeness (QED) is 0.105. The summed E-state index contributed by atoms with van der Waals surface area (Å²) in [4.78, 5) is 25.5. The molecule has 0 amide bonds. The first-order chi connectivity index (χ1) is 21.1. The number of nitrogens with zero attached hydrogens (tertiary/aromatic N) is 1. The smallest absolute Gasteiger partial charge is 0.316 e. The molecule has 0 aliphatic heterocycles. The van der Waals surface area contributed by atoms with Gasteiger partial charge in [0.25, 0.3) is 0 Å². The average molecular weight is 578 g/mol. The number of hydrogen-bond acceptors (Lipinski definition) is 4. The van der Waals surface area contributed by atoms with Crippen molar-refractivity contribution in [1.82, 2.24) is 0 Å². The van der Waals surface area contributed by atoms with Crippen LogP contribution in [0.25, 0.3) is 33.4 Å². The van der Waals surface area contributed by atoms with E-state index in [9.17, 15) is 9.59 Å². The maximum absolute atomic E-state index is 13.2. The summed E-state index contributed by atoms with van der Waals surface area (Å²) in [5.41, 5.74) is 10.2. The summed E-state index contributed by atoms with van der Waals surface area (Å²) in [5.74, 6) is 0.0562. The summed E-state index contributed by atoms with van der Waals surface area (Å²) in [6.07, 6.45) is 0.678. The summed E-state index contributed by atoms with van der Waals surface area (Å²) in [7, 11) is 0. The van der Waals surface area contributed by atoms with E-state index in [0.717, 1.165) is 38.9 Å². The Kier molecular flexibility index (Phi) is 8.60. The van der Waals surface area contributed by atoms with Gasteiger partial charge in [-0.1, -0.05) is 79.7 Å². The van der Waals surface area contributed by atoms with Crippen molar-refractivity contribution in [2.45, 2.75) is 41.0 Å². The van der Waals surface area contributed by atoms with E-state index in [1.54, 1.807) is 24.3 Å². The van der Waals surface area contributed by atoms with Crippen LogP contribution >= 0.6 is 0 Å². The van der Waals surface area contributed by atoms with Gasteiger partial charge in [-0.15, -0.1) is 0 Å². The first kappa shape index (κ1) is 30.2. The van der Waals surface area contributed by atoms with E-state index in [2.05, 4.69) is 56.3 Å². The molecule has 4 heteroatoms. The monoisotopic (exact) mass is 577 g/mol. The Balaban J connectivity index is 1.29. The van der Waals surface area contributed by atoms with Crippen LogP contribution in [0.2, 0.25) is 0 Å². The Bertz CT molecular complexity index is 1870. The van der Waals surface area contributed by atoms with Crippen LogP contribution in [0.3, 0.4) is 0 Å². The molecule has 5 aromatic carbocycles. The van der Waals surface area contributed by atoms with E-state index in [0.29, 0.717) is 28.9 Å². The highest BCUT2D eigenvalue weighted by atomic mass is 16.5. The lowest BCUT2D eigenvalue weighted by atomic mass is 9.91. The van der Waals surface area contributed by atoms with E-state index in [4.69, 9.17) is 10.00 Å². The second-order valence-corrected chi connectivity index (χ2v) is 11.8. The fourth-order valence-electron chi connectivity index (χ4n) is 5.09. The minimum absolute atomic E-state index is 0.0878. The number of carbonyl (C=O) groups is 2. The second-order valence-electron chi connectivity index (χ2n) is 11.8. The van der Waals surface area contributed by atoms with Crippen LogP contribution in [0.4, 0.5) is 0 Å². The van der Waals surface area contributed by atoms with Gasteiger partial charge in [-0.05, 0) is 115 Å². The van der Waals surface area contributed by atoms with Crippen LogP contribution in [0.1, 0.15) is 59.8 Å². The maximum Gasteiger partial charge on any atom is 0.316 e. The zero-order chi connectivity index (χ0) is 31.4. The van der Waals surface area contributed by atoms with Crippen LogP contribution < -0.4 is 4.74 Å². The van der Waals surface area contributed by atoms with E-state index in [-0.39, 0.29) is 11.8 Å². The molecule has 0 saturated heterocycles. The Morgan fingerprint density at radius 3 is 1.52 bits per heavy atom. The molecule has 0 atom stereocenters. The van der Waals surface area contributed by atoms with Gasteiger partial charge in [0, 0.05) is 11.1 Å². The lowest BCUT2D eigenvalue weighted by Gasteiger charge is -2.20. The van der Waals surface area contributed by atoms with E-state index >= 15 is 0 Å². The van der Waals surface area contributed by atoms with Crippen molar-refractivity contribution in [3.05, 3.63) is 137 Å². The molecule has 0 heterocycles. The molecular formula is C40H35NO3. The fourth-order valence-corrected chi connectivity index (χ4v) is 5.09. The van der Waals surface area contributed by atoms with Crippen LogP contribution in [-0.2, 0) is 4.79 Å². The highest BCUT2D eigenvalue weighted by molar-refractivity contribution is 6.09. The van der Waals surface area contributed by atoms with Crippen molar-refractivity contribution in [2.75, 3.05) is 0 Å². The second kappa shape index (κ2) is 12.5. The number of ketones is 1. The fraction of sp³-hybridized carbons (Fsp3) is 0.175. The Hall–Kier alpha value is -5.27. The molecule has 0 radical (unpaired) electrons. The number of esters is 1. The molecule has 218 valence electrons. The third kappa shape index (κ3) is 6.38. The number of rotatable bonds is 8. The molecule has 0 N–H and O–H groups in total. The minimum atomic E-state index is -0.562. The van der Waals surface area contributed by atoms with Crippen LogP contribution in [-0.4, -0.2) is 11.8 Å². The predicted octanol–water partition coefficient (Wildman–Crippen LogP) is 9.75. The molecule has 5 aromatic rings. The van der Waals surface area contributed by atoms with Gasteiger partial charge in [0.05, 0.1) is 17.0 Å². The molecule has 0 bridgehead atoms. The van der Waals surface area contributed by atoms with E-state index in [1.807, 2.05) is 69.3 Å². The Morgan fingerprint density at radius 2 is 1.09 bits per heavy atom. The third-order valence-corrected chi connectivity index (χ3v) is 8.33. The molecule has 0 aliphatic rings. The summed E-state index contributed by atoms with van der Waals surface area (Å²) < 4.78 is 5.50. The molecule has 44 heavy (non-hydrogen) atoms. The molecule has 0 aromatic heterocycles. The van der Waals surface area contributed by atoms with Crippen molar-refractivity contribution >= 4 is 11.8 Å². The lowest BCUT2D eigenvalue weighted by Crippen LogP contribution is -2.28. The van der Waals surface area contributed by atoms with Crippen molar-refractivity contribution in [2.24, 2.45) is 5.41 Å². The first-order valence-electron chi connectivity index (χ1n) is 14.8. The topological polar surface area (TPSA) is 67.2 Å². The largest absolute Gasteiger partial charge is 0.426 e. The standard InChI is InChI=1S/C40H35NO3/c1-6-40(4,5)39(43)44-35-19-15-32(16-20-35)38(42)31-13-11-30(12-14-31)37-22-18-34(24-27(37)3)33-17-21-36(26(2)23-33)29-9-7-28(25-41)8-10-29/h7-24H,6H2,1-5H3. The molecule has 0 aliphatic carbocycles. The summed E-state index contributed by atoms with van der Waals surface area (Å²) in [6.45, 7) is 9.87. The van der Waals surface area contributed by atoms with Gasteiger partial charge in [-0.3, -0.25) is 9.59 Å². The van der Waals surface area contributed by atoms with Gasteiger partial charge in [0.2, 0.25) is 0 Å². The molecule has 4 nitrogen and oxygen atoms in total. The molecule has 0 unspecified atom stereocenters.